The smallest absolute Gasteiger partial charge is 0.144 e. The molecule has 0 atom stereocenters. The second-order valence-corrected chi connectivity index (χ2v) is 13.9. The number of hydrogen-bond acceptors (Lipinski definition) is 4. The first kappa shape index (κ1) is 27.6. The van der Waals surface area contributed by atoms with Gasteiger partial charge in [0.2, 0.25) is 0 Å². The number of thiophene rings is 1. The summed E-state index contributed by atoms with van der Waals surface area (Å²) >= 11 is 1.82. The molecule has 0 aliphatic rings. The van der Waals surface area contributed by atoms with Gasteiger partial charge >= 0.3 is 0 Å². The van der Waals surface area contributed by atoms with E-state index in [2.05, 4.69) is 163 Å². The lowest BCUT2D eigenvalue weighted by Crippen LogP contribution is -2.10. The van der Waals surface area contributed by atoms with Gasteiger partial charge in [0.05, 0.1) is 5.69 Å². The zero-order chi connectivity index (χ0) is 32.8. The van der Waals surface area contributed by atoms with Crippen LogP contribution in [0.4, 0.5) is 17.1 Å². The number of nitrogens with zero attached hydrogens (tertiary/aromatic N) is 1. The summed E-state index contributed by atoms with van der Waals surface area (Å²) in [7, 11) is 0. The quantitative estimate of drug-likeness (QED) is 0.189. The Kier molecular flexibility index (Phi) is 5.83. The minimum atomic E-state index is 0.867. The summed E-state index contributed by atoms with van der Waals surface area (Å²) in [6.07, 6.45) is 0. The van der Waals surface area contributed by atoms with Crippen LogP contribution in [0.25, 0.3) is 85.9 Å². The van der Waals surface area contributed by atoms with Crippen molar-refractivity contribution in [3.63, 3.8) is 0 Å². The number of fused-ring (bicyclic) bond motifs is 12. The van der Waals surface area contributed by atoms with Crippen LogP contribution in [0, 0.1) is 0 Å². The normalized spacial score (nSPS) is 12.0. The van der Waals surface area contributed by atoms with Crippen molar-refractivity contribution < 1.29 is 8.83 Å². The van der Waals surface area contributed by atoms with E-state index in [-0.39, 0.29) is 0 Å². The van der Waals surface area contributed by atoms with Gasteiger partial charge in [0.25, 0.3) is 0 Å². The topological polar surface area (TPSA) is 29.5 Å². The molecule has 0 saturated heterocycles. The monoisotopic (exact) mass is 657 g/mol. The fraction of sp³-hybridized carbons (Fsp3) is 0. The van der Waals surface area contributed by atoms with Crippen LogP contribution in [0.3, 0.4) is 0 Å². The molecule has 0 saturated carbocycles. The van der Waals surface area contributed by atoms with Gasteiger partial charge in [0, 0.05) is 70.1 Å². The highest BCUT2D eigenvalue weighted by Gasteiger charge is 2.22. The third-order valence-corrected chi connectivity index (χ3v) is 11.2. The molecule has 0 N–H and O–H groups in total. The summed E-state index contributed by atoms with van der Waals surface area (Å²) in [6, 6.07) is 58.0. The highest BCUT2D eigenvalue weighted by atomic mass is 32.1. The Morgan fingerprint density at radius 2 is 1.08 bits per heavy atom. The van der Waals surface area contributed by atoms with Gasteiger partial charge in [-0.05, 0) is 65.5 Å². The molecule has 0 aliphatic carbocycles. The average Bonchev–Trinajstić information content (AvgIpc) is 3.86. The first-order chi connectivity index (χ1) is 24.8. The molecule has 11 rings (SSSR count). The van der Waals surface area contributed by atoms with Gasteiger partial charge in [0.1, 0.15) is 22.3 Å². The van der Waals surface area contributed by atoms with E-state index in [1.165, 1.54) is 36.5 Å². The summed E-state index contributed by atoms with van der Waals surface area (Å²) in [5.41, 5.74) is 9.18. The molecule has 0 aliphatic heterocycles. The molecular formula is C46H27NO2S. The van der Waals surface area contributed by atoms with Crippen LogP contribution in [0.15, 0.2) is 173 Å². The maximum atomic E-state index is 6.86. The lowest BCUT2D eigenvalue weighted by Gasteiger charge is -2.26. The van der Waals surface area contributed by atoms with E-state index in [0.29, 0.717) is 0 Å². The van der Waals surface area contributed by atoms with Crippen molar-refractivity contribution in [2.24, 2.45) is 0 Å². The molecule has 0 amide bonds. The number of benzene rings is 8. The molecule has 4 heteroatoms. The molecule has 8 aromatic carbocycles. The number of para-hydroxylation sites is 3. The third-order valence-electron chi connectivity index (χ3n) is 10.0. The van der Waals surface area contributed by atoms with E-state index in [4.69, 9.17) is 8.83 Å². The molecular weight excluding hydrogens is 631 g/mol. The van der Waals surface area contributed by atoms with Crippen LogP contribution < -0.4 is 4.90 Å². The molecule has 0 unspecified atom stereocenters. The Labute approximate surface area is 290 Å². The number of furan rings is 2. The van der Waals surface area contributed by atoms with Crippen molar-refractivity contribution >= 4 is 103 Å². The molecule has 3 aromatic heterocycles. The Balaban J connectivity index is 1.18. The summed E-state index contributed by atoms with van der Waals surface area (Å²) < 4.78 is 15.9. The third kappa shape index (κ3) is 3.97. The zero-order valence-corrected chi connectivity index (χ0v) is 27.6. The van der Waals surface area contributed by atoms with Crippen LogP contribution in [0.2, 0.25) is 0 Å². The van der Waals surface area contributed by atoms with Crippen LogP contribution in [-0.2, 0) is 0 Å². The van der Waals surface area contributed by atoms with Gasteiger partial charge in [-0.1, -0.05) is 103 Å². The summed E-state index contributed by atoms with van der Waals surface area (Å²) in [5.74, 6) is 0. The van der Waals surface area contributed by atoms with Crippen LogP contribution >= 0.6 is 11.3 Å². The van der Waals surface area contributed by atoms with Gasteiger partial charge in [-0.25, -0.2) is 0 Å². The van der Waals surface area contributed by atoms with Crippen LogP contribution in [0.5, 0.6) is 0 Å². The van der Waals surface area contributed by atoms with E-state index < -0.39 is 0 Å². The Hall–Kier alpha value is -6.36. The fourth-order valence-electron chi connectivity index (χ4n) is 7.83. The van der Waals surface area contributed by atoms with Crippen LogP contribution in [-0.4, -0.2) is 0 Å². The molecule has 50 heavy (non-hydrogen) atoms. The molecule has 0 spiro atoms. The minimum absolute atomic E-state index is 0.867. The molecule has 0 fully saturated rings. The standard InChI is InChI=1S/C46H27NO2S/c1-3-13-29(14-4-1)47(30-15-5-2-6-16-30)38-27-41-43(33-19-8-7-17-31(33)38)34-24-23-28(25-40(34)48-41)36-26-37-32-18-9-11-21-39(32)49-45(37)44-35-20-10-12-22-42(35)50-46(36)44/h1-27H. The molecule has 234 valence electrons. The predicted octanol–water partition coefficient (Wildman–Crippen LogP) is 14.1. The van der Waals surface area contributed by atoms with E-state index in [1.54, 1.807) is 0 Å². The summed E-state index contributed by atoms with van der Waals surface area (Å²) in [5, 5.41) is 9.25. The van der Waals surface area contributed by atoms with Crippen molar-refractivity contribution in [3.8, 4) is 11.1 Å². The molecule has 3 heterocycles. The van der Waals surface area contributed by atoms with Gasteiger partial charge in [-0.3, -0.25) is 0 Å². The van der Waals surface area contributed by atoms with E-state index in [9.17, 15) is 0 Å². The number of anilines is 3. The predicted molar refractivity (Wildman–Crippen MR) is 212 cm³/mol. The maximum absolute atomic E-state index is 6.86. The van der Waals surface area contributed by atoms with Gasteiger partial charge < -0.3 is 13.7 Å². The summed E-state index contributed by atoms with van der Waals surface area (Å²) in [6.45, 7) is 0. The van der Waals surface area contributed by atoms with E-state index in [1.807, 2.05) is 17.4 Å². The van der Waals surface area contributed by atoms with E-state index in [0.717, 1.165) is 66.5 Å². The van der Waals surface area contributed by atoms with Crippen molar-refractivity contribution in [2.45, 2.75) is 0 Å². The van der Waals surface area contributed by atoms with Gasteiger partial charge in [-0.15, -0.1) is 11.3 Å². The van der Waals surface area contributed by atoms with E-state index >= 15 is 0 Å². The number of hydrogen-bond donors (Lipinski definition) is 0. The number of rotatable bonds is 4. The van der Waals surface area contributed by atoms with Gasteiger partial charge in [0.15, 0.2) is 0 Å². The minimum Gasteiger partial charge on any atom is -0.456 e. The second kappa shape index (κ2) is 10.6. The maximum Gasteiger partial charge on any atom is 0.144 e. The largest absolute Gasteiger partial charge is 0.456 e. The molecule has 0 bridgehead atoms. The Morgan fingerprint density at radius 3 is 1.86 bits per heavy atom. The zero-order valence-electron chi connectivity index (χ0n) is 26.8. The Morgan fingerprint density at radius 1 is 0.420 bits per heavy atom. The molecule has 0 radical (unpaired) electrons. The first-order valence-electron chi connectivity index (χ1n) is 16.8. The van der Waals surface area contributed by atoms with Crippen molar-refractivity contribution in [3.05, 3.63) is 164 Å². The highest BCUT2D eigenvalue weighted by molar-refractivity contribution is 7.26. The molecule has 11 aromatic rings. The Bertz CT molecular complexity index is 3060. The lowest BCUT2D eigenvalue weighted by atomic mass is 9.97. The first-order valence-corrected chi connectivity index (χ1v) is 17.7. The lowest BCUT2D eigenvalue weighted by molar-refractivity contribution is 0.669. The fourth-order valence-corrected chi connectivity index (χ4v) is 9.07. The highest BCUT2D eigenvalue weighted by Crippen LogP contribution is 2.48. The average molecular weight is 658 g/mol. The van der Waals surface area contributed by atoms with Gasteiger partial charge in [-0.2, -0.15) is 0 Å². The second-order valence-electron chi connectivity index (χ2n) is 12.8. The van der Waals surface area contributed by atoms with Crippen molar-refractivity contribution in [2.75, 3.05) is 4.90 Å². The van der Waals surface area contributed by atoms with Crippen molar-refractivity contribution in [1.29, 1.82) is 0 Å². The van der Waals surface area contributed by atoms with Crippen molar-refractivity contribution in [1.82, 2.24) is 0 Å². The van der Waals surface area contributed by atoms with Crippen LogP contribution in [0.1, 0.15) is 0 Å². The summed E-state index contributed by atoms with van der Waals surface area (Å²) in [4.78, 5) is 2.32. The SMILES string of the molecule is c1ccc(N(c2ccccc2)c2cc3oc4cc(-c5cc6c7ccccc7oc6c6c5sc5ccccc56)ccc4c3c3ccccc23)cc1. The molecule has 3 nitrogen and oxygen atoms in total.